The minimum absolute atomic E-state index is 0.0153. The number of nitrogens with two attached hydrogens (primary N) is 1. The summed E-state index contributed by atoms with van der Waals surface area (Å²) in [6.07, 6.45) is 1.21. The molecule has 19 heavy (non-hydrogen) atoms. The molecule has 0 radical (unpaired) electrons. The average Bonchev–Trinajstić information content (AvgIpc) is 2.29. The lowest BCUT2D eigenvalue weighted by Crippen LogP contribution is -2.16. The number of aryl methyl sites for hydroxylation is 1. The van der Waals surface area contributed by atoms with E-state index in [4.69, 9.17) is 9.88 Å². The Hall–Kier alpha value is -1.07. The quantitative estimate of drug-likeness (QED) is 0.783. The summed E-state index contributed by atoms with van der Waals surface area (Å²) in [7, 11) is -3.35. The standard InChI is InChI=1S/C14H23NO3S/c1-11(2)13-7-6-12(3)14(10-13)18-8-4-5-9-19(15,16)17/h6-7,10-11H,4-5,8-9H2,1-3H3,(H2,15,16,17). The molecule has 4 nitrogen and oxygen atoms in total. The van der Waals surface area contributed by atoms with E-state index in [1.54, 1.807) is 0 Å². The maximum Gasteiger partial charge on any atom is 0.209 e. The number of primary sulfonamides is 1. The largest absolute Gasteiger partial charge is 0.493 e. The van der Waals surface area contributed by atoms with Gasteiger partial charge in [0.2, 0.25) is 10.0 Å². The fourth-order valence-electron chi connectivity index (χ4n) is 1.72. The van der Waals surface area contributed by atoms with E-state index < -0.39 is 10.0 Å². The van der Waals surface area contributed by atoms with Crippen molar-refractivity contribution in [1.82, 2.24) is 0 Å². The summed E-state index contributed by atoms with van der Waals surface area (Å²) in [6, 6.07) is 6.21. The first-order valence-corrected chi connectivity index (χ1v) is 8.25. The molecule has 0 fully saturated rings. The molecule has 0 aliphatic heterocycles. The van der Waals surface area contributed by atoms with E-state index in [0.717, 1.165) is 11.3 Å². The predicted octanol–water partition coefficient (Wildman–Crippen LogP) is 2.57. The van der Waals surface area contributed by atoms with Crippen LogP contribution in [0.15, 0.2) is 18.2 Å². The highest BCUT2D eigenvalue weighted by atomic mass is 32.2. The zero-order chi connectivity index (χ0) is 14.5. The van der Waals surface area contributed by atoms with E-state index in [2.05, 4.69) is 32.0 Å². The monoisotopic (exact) mass is 285 g/mol. The number of rotatable bonds is 7. The molecule has 1 rings (SSSR count). The lowest BCUT2D eigenvalue weighted by molar-refractivity contribution is 0.307. The van der Waals surface area contributed by atoms with Gasteiger partial charge in [-0.3, -0.25) is 0 Å². The lowest BCUT2D eigenvalue weighted by atomic mass is 10.0. The van der Waals surface area contributed by atoms with Crippen LogP contribution in [0.5, 0.6) is 5.75 Å². The van der Waals surface area contributed by atoms with Crippen molar-refractivity contribution in [3.63, 3.8) is 0 Å². The van der Waals surface area contributed by atoms with Gasteiger partial charge in [0.25, 0.3) is 0 Å². The van der Waals surface area contributed by atoms with Crippen LogP contribution < -0.4 is 9.88 Å². The molecule has 0 aliphatic carbocycles. The molecular formula is C14H23NO3S. The van der Waals surface area contributed by atoms with Gasteiger partial charge in [0.05, 0.1) is 12.4 Å². The molecule has 0 bridgehead atoms. The minimum atomic E-state index is -3.35. The third-order valence-corrected chi connectivity index (χ3v) is 3.82. The number of sulfonamides is 1. The Kier molecular flexibility index (Phi) is 5.82. The van der Waals surface area contributed by atoms with Crippen LogP contribution in [0, 0.1) is 6.92 Å². The molecule has 0 spiro atoms. The molecule has 1 aromatic carbocycles. The molecule has 2 N–H and O–H groups in total. The Labute approximate surface area is 116 Å². The summed E-state index contributed by atoms with van der Waals surface area (Å²) < 4.78 is 27.3. The van der Waals surface area contributed by atoms with Crippen molar-refractivity contribution in [3.05, 3.63) is 29.3 Å². The van der Waals surface area contributed by atoms with E-state index in [9.17, 15) is 8.42 Å². The summed E-state index contributed by atoms with van der Waals surface area (Å²) in [6.45, 7) is 6.79. The van der Waals surface area contributed by atoms with Crippen molar-refractivity contribution in [2.24, 2.45) is 5.14 Å². The Balaban J connectivity index is 2.47. The first-order chi connectivity index (χ1) is 8.79. The summed E-state index contributed by atoms with van der Waals surface area (Å²) in [5.41, 5.74) is 2.33. The fourth-order valence-corrected chi connectivity index (χ4v) is 2.33. The maximum absolute atomic E-state index is 10.8. The van der Waals surface area contributed by atoms with Crippen LogP contribution in [-0.2, 0) is 10.0 Å². The Morgan fingerprint density at radius 3 is 2.53 bits per heavy atom. The normalized spacial score (nSPS) is 11.8. The van der Waals surface area contributed by atoms with E-state index in [-0.39, 0.29) is 5.75 Å². The van der Waals surface area contributed by atoms with Gasteiger partial charge in [-0.15, -0.1) is 0 Å². The second-order valence-electron chi connectivity index (χ2n) is 5.10. The number of hydrogen-bond donors (Lipinski definition) is 1. The molecular weight excluding hydrogens is 262 g/mol. The van der Waals surface area contributed by atoms with Gasteiger partial charge < -0.3 is 4.74 Å². The van der Waals surface area contributed by atoms with Gasteiger partial charge in [-0.1, -0.05) is 26.0 Å². The minimum Gasteiger partial charge on any atom is -0.493 e. The van der Waals surface area contributed by atoms with Crippen LogP contribution in [0.2, 0.25) is 0 Å². The van der Waals surface area contributed by atoms with Crippen molar-refractivity contribution in [2.75, 3.05) is 12.4 Å². The number of unbranched alkanes of at least 4 members (excludes halogenated alkanes) is 1. The van der Waals surface area contributed by atoms with E-state index in [0.29, 0.717) is 25.4 Å². The van der Waals surface area contributed by atoms with Crippen LogP contribution >= 0.6 is 0 Å². The van der Waals surface area contributed by atoms with Gasteiger partial charge in [-0.2, -0.15) is 0 Å². The predicted molar refractivity (Wildman–Crippen MR) is 78.0 cm³/mol. The molecule has 0 saturated carbocycles. The van der Waals surface area contributed by atoms with E-state index in [1.165, 1.54) is 5.56 Å². The van der Waals surface area contributed by atoms with E-state index in [1.807, 2.05) is 6.92 Å². The second kappa shape index (κ2) is 6.91. The first kappa shape index (κ1) is 16.0. The van der Waals surface area contributed by atoms with Crippen molar-refractivity contribution in [1.29, 1.82) is 0 Å². The van der Waals surface area contributed by atoms with Crippen LogP contribution in [0.3, 0.4) is 0 Å². The summed E-state index contributed by atoms with van der Waals surface area (Å²) in [4.78, 5) is 0. The zero-order valence-corrected chi connectivity index (χ0v) is 12.7. The smallest absolute Gasteiger partial charge is 0.209 e. The fraction of sp³-hybridized carbons (Fsp3) is 0.571. The summed E-state index contributed by atoms with van der Waals surface area (Å²) >= 11 is 0. The topological polar surface area (TPSA) is 69.4 Å². The number of ether oxygens (including phenoxy) is 1. The van der Waals surface area contributed by atoms with Gasteiger partial charge in [0.15, 0.2) is 0 Å². The van der Waals surface area contributed by atoms with E-state index >= 15 is 0 Å². The van der Waals surface area contributed by atoms with Gasteiger partial charge >= 0.3 is 0 Å². The Bertz CT molecular complexity index is 509. The molecule has 0 aliphatic rings. The van der Waals surface area contributed by atoms with Crippen molar-refractivity contribution < 1.29 is 13.2 Å². The van der Waals surface area contributed by atoms with Gasteiger partial charge in [-0.25, -0.2) is 13.6 Å². The van der Waals surface area contributed by atoms with Gasteiger partial charge in [0, 0.05) is 0 Å². The molecule has 0 saturated heterocycles. The summed E-state index contributed by atoms with van der Waals surface area (Å²) in [5, 5.41) is 4.94. The highest BCUT2D eigenvalue weighted by Crippen LogP contribution is 2.24. The van der Waals surface area contributed by atoms with Crippen molar-refractivity contribution >= 4 is 10.0 Å². The lowest BCUT2D eigenvalue weighted by Gasteiger charge is -2.12. The van der Waals surface area contributed by atoms with Crippen LogP contribution in [-0.4, -0.2) is 20.8 Å². The Morgan fingerprint density at radius 2 is 1.95 bits per heavy atom. The SMILES string of the molecule is Cc1ccc(C(C)C)cc1OCCCCS(N)(=O)=O. The molecule has 5 heteroatoms. The van der Waals surface area contributed by atoms with Crippen molar-refractivity contribution in [3.8, 4) is 5.75 Å². The molecule has 0 atom stereocenters. The second-order valence-corrected chi connectivity index (χ2v) is 6.84. The molecule has 1 aromatic rings. The third-order valence-electron chi connectivity index (χ3n) is 2.96. The van der Waals surface area contributed by atoms with Crippen LogP contribution in [0.4, 0.5) is 0 Å². The van der Waals surface area contributed by atoms with Crippen LogP contribution in [0.1, 0.15) is 43.7 Å². The third kappa shape index (κ3) is 6.07. The van der Waals surface area contributed by atoms with Crippen LogP contribution in [0.25, 0.3) is 0 Å². The van der Waals surface area contributed by atoms with Gasteiger partial charge in [-0.05, 0) is 42.9 Å². The summed E-state index contributed by atoms with van der Waals surface area (Å²) in [5.74, 6) is 1.36. The first-order valence-electron chi connectivity index (χ1n) is 6.53. The van der Waals surface area contributed by atoms with Gasteiger partial charge in [0.1, 0.15) is 5.75 Å². The highest BCUT2D eigenvalue weighted by molar-refractivity contribution is 7.89. The van der Waals surface area contributed by atoms with Crippen molar-refractivity contribution in [2.45, 2.75) is 39.5 Å². The average molecular weight is 285 g/mol. The molecule has 0 amide bonds. The zero-order valence-electron chi connectivity index (χ0n) is 11.8. The molecule has 0 unspecified atom stereocenters. The molecule has 0 heterocycles. The molecule has 108 valence electrons. The number of hydrogen-bond acceptors (Lipinski definition) is 3. The molecule has 0 aromatic heterocycles. The number of benzene rings is 1. The maximum atomic E-state index is 10.8. The highest BCUT2D eigenvalue weighted by Gasteiger charge is 2.05. The Morgan fingerprint density at radius 1 is 1.26 bits per heavy atom.